The molecule has 0 saturated heterocycles. The van der Waals surface area contributed by atoms with E-state index >= 15 is 0 Å². The van der Waals surface area contributed by atoms with Gasteiger partial charge in [0.05, 0.1) is 0 Å². The Balaban J connectivity index is 0. The molecule has 0 atom stereocenters. The maximum Gasteiger partial charge on any atom is 0.0172 e. The van der Waals surface area contributed by atoms with Crippen LogP contribution < -0.4 is 5.73 Å². The minimum absolute atomic E-state index is 0.000000000000000222. The molecular weight excluding hydrogens is 220 g/mol. The molecule has 2 heteroatoms. The van der Waals surface area contributed by atoms with E-state index in [1.54, 1.807) is 0 Å². The van der Waals surface area contributed by atoms with Gasteiger partial charge in [-0.05, 0) is 53.0 Å². The van der Waals surface area contributed by atoms with Gasteiger partial charge in [-0.1, -0.05) is 34.6 Å². The highest BCUT2D eigenvalue weighted by molar-refractivity contribution is 4.84. The summed E-state index contributed by atoms with van der Waals surface area (Å²) in [4.78, 5) is 2.46. The second kappa shape index (κ2) is 8.92. The molecule has 0 unspecified atom stereocenters. The molecular formula is C16H38N2. The van der Waals surface area contributed by atoms with E-state index in [1.807, 2.05) is 0 Å². The zero-order valence-corrected chi connectivity index (χ0v) is 14.5. The lowest BCUT2D eigenvalue weighted by Crippen LogP contribution is -2.46. The van der Waals surface area contributed by atoms with Gasteiger partial charge in [-0.15, -0.1) is 0 Å². The largest absolute Gasteiger partial charge is 0.325 e. The Kier molecular flexibility index (Phi) is 10.0. The lowest BCUT2D eigenvalue weighted by atomic mass is 9.80. The lowest BCUT2D eigenvalue weighted by Gasteiger charge is -2.33. The number of hydrogen-bond donors (Lipinski definition) is 1. The molecule has 0 fully saturated rings. The van der Waals surface area contributed by atoms with Gasteiger partial charge in [0.15, 0.2) is 0 Å². The van der Waals surface area contributed by atoms with Gasteiger partial charge in [-0.2, -0.15) is 0 Å². The maximum absolute atomic E-state index is 6.00. The van der Waals surface area contributed by atoms with Crippen LogP contribution in [0.5, 0.6) is 0 Å². The van der Waals surface area contributed by atoms with Gasteiger partial charge < -0.3 is 5.73 Å². The van der Waals surface area contributed by atoms with E-state index in [2.05, 4.69) is 74.1 Å². The third-order valence-corrected chi connectivity index (χ3v) is 4.18. The average molecular weight is 258 g/mol. The van der Waals surface area contributed by atoms with E-state index in [4.69, 9.17) is 5.73 Å². The second-order valence-corrected chi connectivity index (χ2v) is 6.69. The molecule has 0 aromatic heterocycles. The summed E-state index contributed by atoms with van der Waals surface area (Å²) >= 11 is 0. The fourth-order valence-corrected chi connectivity index (χ4v) is 1.99. The Morgan fingerprint density at radius 2 is 1.11 bits per heavy atom. The smallest absolute Gasteiger partial charge is 0.0172 e. The zero-order chi connectivity index (χ0) is 15.1. The summed E-state index contributed by atoms with van der Waals surface area (Å²) in [6.45, 7) is 23.1. The summed E-state index contributed by atoms with van der Waals surface area (Å²) in [6.07, 6.45) is 0. The molecule has 0 aliphatic heterocycles. The Morgan fingerprint density at radius 3 is 1.11 bits per heavy atom. The fourth-order valence-electron chi connectivity index (χ4n) is 1.99. The maximum atomic E-state index is 6.00. The molecule has 112 valence electrons. The quantitative estimate of drug-likeness (QED) is 0.803. The van der Waals surface area contributed by atoms with Crippen LogP contribution in [-0.4, -0.2) is 29.1 Å². The lowest BCUT2D eigenvalue weighted by molar-refractivity contribution is 0.185. The van der Waals surface area contributed by atoms with Crippen LogP contribution in [0.1, 0.15) is 69.2 Å². The normalized spacial score (nSPS) is 12.7. The number of hydrogen-bond acceptors (Lipinski definition) is 2. The van der Waals surface area contributed by atoms with E-state index in [0.717, 1.165) is 6.54 Å². The Bertz CT molecular complexity index is 175. The van der Waals surface area contributed by atoms with Crippen LogP contribution in [-0.2, 0) is 0 Å². The van der Waals surface area contributed by atoms with Crippen molar-refractivity contribution in [2.24, 2.45) is 17.6 Å². The van der Waals surface area contributed by atoms with Crippen LogP contribution >= 0.6 is 0 Å². The average Bonchev–Trinajstić information content (AvgIpc) is 2.17. The molecule has 0 amide bonds. The van der Waals surface area contributed by atoms with Crippen molar-refractivity contribution in [2.45, 2.75) is 86.9 Å². The van der Waals surface area contributed by atoms with Crippen molar-refractivity contribution in [3.63, 3.8) is 0 Å². The highest BCUT2D eigenvalue weighted by Crippen LogP contribution is 2.21. The highest BCUT2D eigenvalue weighted by Gasteiger charge is 2.26. The first-order valence-corrected chi connectivity index (χ1v) is 7.52. The first-order valence-electron chi connectivity index (χ1n) is 7.52. The topological polar surface area (TPSA) is 29.3 Å². The Morgan fingerprint density at radius 1 is 0.833 bits per heavy atom. The van der Waals surface area contributed by atoms with Crippen LogP contribution in [0.25, 0.3) is 0 Å². The Labute approximate surface area is 116 Å². The van der Waals surface area contributed by atoms with E-state index < -0.39 is 0 Å². The van der Waals surface area contributed by atoms with Crippen LogP contribution in [0.3, 0.4) is 0 Å². The first kappa shape index (κ1) is 20.2. The molecule has 0 saturated carbocycles. The molecule has 2 N–H and O–H groups in total. The molecule has 0 aliphatic carbocycles. The van der Waals surface area contributed by atoms with E-state index in [0.29, 0.717) is 23.9 Å². The minimum atomic E-state index is 0.000000000000000222. The summed E-state index contributed by atoms with van der Waals surface area (Å²) in [5.74, 6) is 1.13. The van der Waals surface area contributed by atoms with Gasteiger partial charge in [0, 0.05) is 17.6 Å². The van der Waals surface area contributed by atoms with Crippen LogP contribution in [0.4, 0.5) is 0 Å². The van der Waals surface area contributed by atoms with Crippen molar-refractivity contribution in [2.75, 3.05) is 6.54 Å². The van der Waals surface area contributed by atoms with E-state index in [9.17, 15) is 0 Å². The SMILES string of the molecule is CC(C)C(C)(N)C(C)C.CCN(C(C)C)C(C)C. The summed E-state index contributed by atoms with van der Waals surface area (Å²) in [7, 11) is 0. The third kappa shape index (κ3) is 7.38. The Hall–Kier alpha value is -0.0800. The standard InChI is InChI=1S/2C8H19N/c1-6-9(7(2)3)8(4)5;1-6(2)8(5,9)7(3)4/h7-8H,6H2,1-5H3;6-7H,9H2,1-5H3. The van der Waals surface area contributed by atoms with Gasteiger partial charge in [0.2, 0.25) is 0 Å². The van der Waals surface area contributed by atoms with Gasteiger partial charge >= 0.3 is 0 Å². The zero-order valence-electron chi connectivity index (χ0n) is 14.5. The number of rotatable bonds is 5. The van der Waals surface area contributed by atoms with Crippen LogP contribution in [0.15, 0.2) is 0 Å². The van der Waals surface area contributed by atoms with Gasteiger partial charge in [-0.25, -0.2) is 0 Å². The molecule has 0 aromatic rings. The van der Waals surface area contributed by atoms with Crippen molar-refractivity contribution < 1.29 is 0 Å². The highest BCUT2D eigenvalue weighted by atomic mass is 15.2. The molecule has 2 nitrogen and oxygen atoms in total. The van der Waals surface area contributed by atoms with Crippen LogP contribution in [0.2, 0.25) is 0 Å². The van der Waals surface area contributed by atoms with E-state index in [-0.39, 0.29) is 5.54 Å². The minimum Gasteiger partial charge on any atom is -0.325 e. The predicted octanol–water partition coefficient (Wildman–Crippen LogP) is 4.14. The molecule has 0 aliphatic rings. The third-order valence-electron chi connectivity index (χ3n) is 4.18. The summed E-state index contributed by atoms with van der Waals surface area (Å²) in [5.41, 5.74) is 6.00. The van der Waals surface area contributed by atoms with Crippen molar-refractivity contribution >= 4 is 0 Å². The molecule has 0 rings (SSSR count). The monoisotopic (exact) mass is 258 g/mol. The molecule has 18 heavy (non-hydrogen) atoms. The number of nitrogens with two attached hydrogens (primary N) is 1. The van der Waals surface area contributed by atoms with Crippen molar-refractivity contribution in [1.29, 1.82) is 0 Å². The van der Waals surface area contributed by atoms with Crippen molar-refractivity contribution in [3.8, 4) is 0 Å². The first-order chi connectivity index (χ1) is 7.98. The molecule has 0 aromatic carbocycles. The van der Waals surface area contributed by atoms with Crippen molar-refractivity contribution in [1.82, 2.24) is 4.90 Å². The van der Waals surface area contributed by atoms with Gasteiger partial charge in [0.25, 0.3) is 0 Å². The molecule has 0 spiro atoms. The number of nitrogens with zero attached hydrogens (tertiary/aromatic N) is 1. The van der Waals surface area contributed by atoms with Crippen molar-refractivity contribution in [3.05, 3.63) is 0 Å². The van der Waals surface area contributed by atoms with Gasteiger partial charge in [0.1, 0.15) is 0 Å². The summed E-state index contributed by atoms with van der Waals surface area (Å²) in [6, 6.07) is 1.38. The molecule has 0 heterocycles. The fraction of sp³-hybridized carbons (Fsp3) is 1.00. The molecule has 0 radical (unpaired) electrons. The van der Waals surface area contributed by atoms with Crippen LogP contribution in [0, 0.1) is 11.8 Å². The van der Waals surface area contributed by atoms with E-state index in [1.165, 1.54) is 0 Å². The predicted molar refractivity (Wildman–Crippen MR) is 84.9 cm³/mol. The van der Waals surface area contributed by atoms with Gasteiger partial charge in [-0.3, -0.25) is 4.90 Å². The summed E-state index contributed by atoms with van der Waals surface area (Å²) < 4.78 is 0. The second-order valence-electron chi connectivity index (χ2n) is 6.69. The molecule has 0 bridgehead atoms. The summed E-state index contributed by atoms with van der Waals surface area (Å²) in [5, 5.41) is 0.